The fraction of sp³-hybridized carbons (Fsp3) is 0.364. The molecule has 1 nitrogen and oxygen atoms in total. The Labute approximate surface area is 74.2 Å². The molecule has 0 aliphatic heterocycles. The van der Waals surface area contributed by atoms with Gasteiger partial charge in [0.1, 0.15) is 0 Å². The first-order valence-electron chi connectivity index (χ1n) is 4.43. The molecule has 12 heavy (non-hydrogen) atoms. The Kier molecular flexibility index (Phi) is 3.52. The number of allylic oxidation sites excluding steroid dienone is 1. The SMILES string of the molecule is CCC/C=C/c1cccc(C)n1. The number of hydrogen-bond acceptors (Lipinski definition) is 1. The molecule has 0 bridgehead atoms. The van der Waals surface area contributed by atoms with Crippen LogP contribution in [-0.4, -0.2) is 4.98 Å². The predicted molar refractivity (Wildman–Crippen MR) is 52.9 cm³/mol. The van der Waals surface area contributed by atoms with Gasteiger partial charge in [-0.15, -0.1) is 0 Å². The van der Waals surface area contributed by atoms with E-state index in [0.717, 1.165) is 17.8 Å². The molecular formula is C11H15N. The van der Waals surface area contributed by atoms with Gasteiger partial charge in [-0.1, -0.05) is 25.5 Å². The smallest absolute Gasteiger partial charge is 0.0629 e. The molecule has 0 saturated heterocycles. The topological polar surface area (TPSA) is 12.9 Å². The van der Waals surface area contributed by atoms with Crippen molar-refractivity contribution in [1.29, 1.82) is 0 Å². The third kappa shape index (κ3) is 2.87. The van der Waals surface area contributed by atoms with Gasteiger partial charge in [-0.2, -0.15) is 0 Å². The molecule has 1 rings (SSSR count). The largest absolute Gasteiger partial charge is 0.254 e. The van der Waals surface area contributed by atoms with Gasteiger partial charge >= 0.3 is 0 Å². The Hall–Kier alpha value is -1.11. The fourth-order valence-electron chi connectivity index (χ4n) is 1.03. The van der Waals surface area contributed by atoms with Crippen molar-refractivity contribution in [1.82, 2.24) is 4.98 Å². The minimum absolute atomic E-state index is 1.06. The van der Waals surface area contributed by atoms with Gasteiger partial charge in [-0.05, 0) is 31.6 Å². The average molecular weight is 161 g/mol. The molecule has 0 fully saturated rings. The van der Waals surface area contributed by atoms with E-state index in [2.05, 4.69) is 24.1 Å². The molecule has 64 valence electrons. The van der Waals surface area contributed by atoms with Crippen molar-refractivity contribution in [3.63, 3.8) is 0 Å². The van der Waals surface area contributed by atoms with Gasteiger partial charge in [0, 0.05) is 5.69 Å². The first kappa shape index (κ1) is 8.98. The highest BCUT2D eigenvalue weighted by molar-refractivity contribution is 5.44. The van der Waals surface area contributed by atoms with Crippen LogP contribution in [0, 0.1) is 6.92 Å². The van der Waals surface area contributed by atoms with E-state index in [4.69, 9.17) is 0 Å². The average Bonchev–Trinajstić information content (AvgIpc) is 2.05. The Morgan fingerprint density at radius 2 is 2.25 bits per heavy atom. The van der Waals surface area contributed by atoms with Crippen LogP contribution in [0.5, 0.6) is 0 Å². The van der Waals surface area contributed by atoms with Crippen molar-refractivity contribution in [2.45, 2.75) is 26.7 Å². The summed E-state index contributed by atoms with van der Waals surface area (Å²) in [6.45, 7) is 4.19. The molecule has 1 aromatic rings. The van der Waals surface area contributed by atoms with Crippen molar-refractivity contribution in [3.05, 3.63) is 35.7 Å². The molecular weight excluding hydrogens is 146 g/mol. The summed E-state index contributed by atoms with van der Waals surface area (Å²) >= 11 is 0. The number of aromatic nitrogens is 1. The molecule has 1 aromatic heterocycles. The summed E-state index contributed by atoms with van der Waals surface area (Å²) in [6.07, 6.45) is 6.58. The van der Waals surface area contributed by atoms with E-state index in [1.807, 2.05) is 25.1 Å². The molecule has 0 saturated carbocycles. The highest BCUT2D eigenvalue weighted by atomic mass is 14.7. The molecule has 0 aliphatic rings. The highest BCUT2D eigenvalue weighted by Gasteiger charge is 1.87. The first-order valence-corrected chi connectivity index (χ1v) is 4.43. The normalized spacial score (nSPS) is 10.8. The van der Waals surface area contributed by atoms with Crippen molar-refractivity contribution in [2.75, 3.05) is 0 Å². The lowest BCUT2D eigenvalue weighted by Crippen LogP contribution is -1.82. The number of nitrogens with zero attached hydrogens (tertiary/aromatic N) is 1. The van der Waals surface area contributed by atoms with E-state index in [9.17, 15) is 0 Å². The molecule has 1 heterocycles. The lowest BCUT2D eigenvalue weighted by atomic mass is 10.2. The first-order chi connectivity index (χ1) is 5.83. The van der Waals surface area contributed by atoms with Crippen molar-refractivity contribution in [2.24, 2.45) is 0 Å². The van der Waals surface area contributed by atoms with Gasteiger partial charge in [0.2, 0.25) is 0 Å². The van der Waals surface area contributed by atoms with Gasteiger partial charge < -0.3 is 0 Å². The number of aryl methyl sites for hydroxylation is 1. The minimum Gasteiger partial charge on any atom is -0.254 e. The van der Waals surface area contributed by atoms with Gasteiger partial charge in [0.05, 0.1) is 5.69 Å². The molecule has 0 amide bonds. The van der Waals surface area contributed by atoms with E-state index >= 15 is 0 Å². The summed E-state index contributed by atoms with van der Waals surface area (Å²) in [7, 11) is 0. The van der Waals surface area contributed by atoms with Crippen LogP contribution in [0.15, 0.2) is 24.3 Å². The van der Waals surface area contributed by atoms with Crippen LogP contribution < -0.4 is 0 Å². The summed E-state index contributed by atoms with van der Waals surface area (Å²) < 4.78 is 0. The standard InChI is InChI=1S/C11H15N/c1-3-4-5-8-11-9-6-7-10(2)12-11/h5-9H,3-4H2,1-2H3/b8-5+. The van der Waals surface area contributed by atoms with E-state index in [0.29, 0.717) is 0 Å². The molecule has 0 spiro atoms. The minimum atomic E-state index is 1.06. The molecule has 0 N–H and O–H groups in total. The van der Waals surface area contributed by atoms with Crippen molar-refractivity contribution < 1.29 is 0 Å². The number of unbranched alkanes of at least 4 members (excludes halogenated alkanes) is 1. The van der Waals surface area contributed by atoms with Gasteiger partial charge in [-0.3, -0.25) is 4.98 Å². The second kappa shape index (κ2) is 4.70. The maximum absolute atomic E-state index is 4.36. The maximum Gasteiger partial charge on any atom is 0.0629 e. The van der Waals surface area contributed by atoms with E-state index in [1.165, 1.54) is 6.42 Å². The lowest BCUT2D eigenvalue weighted by molar-refractivity contribution is 0.961. The second-order valence-corrected chi connectivity index (χ2v) is 2.89. The maximum atomic E-state index is 4.36. The van der Waals surface area contributed by atoms with Crippen LogP contribution in [0.3, 0.4) is 0 Å². The third-order valence-corrected chi connectivity index (χ3v) is 1.65. The van der Waals surface area contributed by atoms with Crippen LogP contribution in [0.4, 0.5) is 0 Å². The van der Waals surface area contributed by atoms with Crippen LogP contribution in [0.25, 0.3) is 6.08 Å². The molecule has 0 aliphatic carbocycles. The van der Waals surface area contributed by atoms with Gasteiger partial charge in [0.15, 0.2) is 0 Å². The zero-order valence-electron chi connectivity index (χ0n) is 7.75. The van der Waals surface area contributed by atoms with Gasteiger partial charge in [-0.25, -0.2) is 0 Å². The Morgan fingerprint density at radius 3 is 2.92 bits per heavy atom. The van der Waals surface area contributed by atoms with Crippen LogP contribution in [0.1, 0.15) is 31.2 Å². The Balaban J connectivity index is 2.63. The zero-order valence-corrected chi connectivity index (χ0v) is 7.75. The fourth-order valence-corrected chi connectivity index (χ4v) is 1.03. The summed E-state index contributed by atoms with van der Waals surface area (Å²) in [4.78, 5) is 4.36. The predicted octanol–water partition coefficient (Wildman–Crippen LogP) is 3.20. The number of hydrogen-bond donors (Lipinski definition) is 0. The molecule has 1 heteroatoms. The number of rotatable bonds is 3. The second-order valence-electron chi connectivity index (χ2n) is 2.89. The lowest BCUT2D eigenvalue weighted by Gasteiger charge is -1.93. The molecule has 0 unspecified atom stereocenters. The summed E-state index contributed by atoms with van der Waals surface area (Å²) in [5.41, 5.74) is 2.14. The quantitative estimate of drug-likeness (QED) is 0.663. The van der Waals surface area contributed by atoms with E-state index in [1.54, 1.807) is 0 Å². The Bertz CT molecular complexity index is 263. The van der Waals surface area contributed by atoms with E-state index < -0.39 is 0 Å². The van der Waals surface area contributed by atoms with Crippen LogP contribution >= 0.6 is 0 Å². The molecule has 0 radical (unpaired) electrons. The van der Waals surface area contributed by atoms with Crippen molar-refractivity contribution >= 4 is 6.08 Å². The van der Waals surface area contributed by atoms with Gasteiger partial charge in [0.25, 0.3) is 0 Å². The molecule has 0 aromatic carbocycles. The summed E-state index contributed by atoms with van der Waals surface area (Å²) in [6, 6.07) is 6.07. The van der Waals surface area contributed by atoms with Crippen LogP contribution in [0.2, 0.25) is 0 Å². The Morgan fingerprint density at radius 1 is 1.42 bits per heavy atom. The van der Waals surface area contributed by atoms with Crippen molar-refractivity contribution in [3.8, 4) is 0 Å². The van der Waals surface area contributed by atoms with E-state index in [-0.39, 0.29) is 0 Å². The monoisotopic (exact) mass is 161 g/mol. The summed E-state index contributed by atoms with van der Waals surface area (Å²) in [5, 5.41) is 0. The zero-order chi connectivity index (χ0) is 8.81. The molecule has 0 atom stereocenters. The summed E-state index contributed by atoms with van der Waals surface area (Å²) in [5.74, 6) is 0. The van der Waals surface area contributed by atoms with Crippen LogP contribution in [-0.2, 0) is 0 Å². The highest BCUT2D eigenvalue weighted by Crippen LogP contribution is 2.01. The number of pyridine rings is 1. The third-order valence-electron chi connectivity index (χ3n) is 1.65.